The molecule has 0 spiro atoms. The van der Waals surface area contributed by atoms with E-state index in [1.54, 1.807) is 41.3 Å². The van der Waals surface area contributed by atoms with Crippen molar-refractivity contribution >= 4 is 31.9 Å². The Kier molecular flexibility index (Phi) is 4.56. The van der Waals surface area contributed by atoms with Crippen molar-refractivity contribution in [3.63, 3.8) is 0 Å². The number of sulfonamides is 1. The summed E-state index contributed by atoms with van der Waals surface area (Å²) in [6, 6.07) is 9.98. The molecular formula is C15H15BrN2O4S. The highest BCUT2D eigenvalue weighted by Crippen LogP contribution is 2.25. The average molecular weight is 399 g/mol. The topological polar surface area (TPSA) is 70.8 Å². The lowest BCUT2D eigenvalue weighted by Crippen LogP contribution is -2.50. The van der Waals surface area contributed by atoms with Gasteiger partial charge in [-0.15, -0.1) is 0 Å². The van der Waals surface area contributed by atoms with E-state index >= 15 is 0 Å². The average Bonchev–Trinajstić information content (AvgIpc) is 3.09. The molecule has 0 saturated carbocycles. The third-order valence-electron chi connectivity index (χ3n) is 3.71. The predicted molar refractivity (Wildman–Crippen MR) is 87.5 cm³/mol. The fourth-order valence-corrected chi connectivity index (χ4v) is 4.87. The molecule has 1 aliphatic rings. The van der Waals surface area contributed by atoms with Crippen molar-refractivity contribution in [1.82, 2.24) is 9.21 Å². The molecule has 1 aliphatic heterocycles. The van der Waals surface area contributed by atoms with Gasteiger partial charge in [0.25, 0.3) is 5.91 Å². The van der Waals surface area contributed by atoms with Gasteiger partial charge in [0, 0.05) is 30.7 Å². The molecule has 3 rings (SSSR count). The summed E-state index contributed by atoms with van der Waals surface area (Å²) in [5.41, 5.74) is 0. The Hall–Kier alpha value is -1.64. The maximum Gasteiger partial charge on any atom is 0.289 e. The lowest BCUT2D eigenvalue weighted by Gasteiger charge is -2.33. The van der Waals surface area contributed by atoms with Gasteiger partial charge in [0.1, 0.15) is 0 Å². The van der Waals surface area contributed by atoms with Gasteiger partial charge in [0.05, 0.1) is 11.2 Å². The second kappa shape index (κ2) is 6.46. The van der Waals surface area contributed by atoms with Crippen LogP contribution in [0.2, 0.25) is 0 Å². The third kappa shape index (κ3) is 3.19. The van der Waals surface area contributed by atoms with Crippen LogP contribution in [-0.2, 0) is 10.0 Å². The van der Waals surface area contributed by atoms with E-state index in [-0.39, 0.29) is 29.7 Å². The van der Waals surface area contributed by atoms with Crippen molar-refractivity contribution in [2.45, 2.75) is 4.90 Å². The maximum atomic E-state index is 12.7. The molecule has 1 fully saturated rings. The number of furan rings is 1. The fraction of sp³-hybridized carbons (Fsp3) is 0.267. The molecule has 1 aromatic heterocycles. The molecule has 1 aromatic carbocycles. The summed E-state index contributed by atoms with van der Waals surface area (Å²) in [4.78, 5) is 14.0. The number of amides is 1. The van der Waals surface area contributed by atoms with E-state index in [0.29, 0.717) is 17.6 Å². The molecule has 0 atom stereocenters. The molecular weight excluding hydrogens is 384 g/mol. The fourth-order valence-electron chi connectivity index (χ4n) is 2.48. The number of hydrogen-bond donors (Lipinski definition) is 0. The number of halogens is 1. The van der Waals surface area contributed by atoms with Gasteiger partial charge < -0.3 is 9.32 Å². The zero-order valence-electron chi connectivity index (χ0n) is 12.2. The number of piperazine rings is 1. The van der Waals surface area contributed by atoms with Crippen molar-refractivity contribution in [1.29, 1.82) is 0 Å². The van der Waals surface area contributed by atoms with Gasteiger partial charge in [-0.05, 0) is 40.2 Å². The van der Waals surface area contributed by atoms with Crippen LogP contribution >= 0.6 is 15.9 Å². The van der Waals surface area contributed by atoms with Crippen LogP contribution in [0.15, 0.2) is 56.4 Å². The number of carbonyl (C=O) groups excluding carboxylic acids is 1. The van der Waals surface area contributed by atoms with Gasteiger partial charge in [-0.25, -0.2) is 8.42 Å². The van der Waals surface area contributed by atoms with Crippen LogP contribution in [-0.4, -0.2) is 49.7 Å². The highest BCUT2D eigenvalue weighted by molar-refractivity contribution is 9.10. The van der Waals surface area contributed by atoms with Crippen LogP contribution in [0.3, 0.4) is 0 Å². The highest BCUT2D eigenvalue weighted by atomic mass is 79.9. The normalized spacial score (nSPS) is 16.5. The molecule has 2 heterocycles. The Bertz CT molecular complexity index is 797. The molecule has 0 aliphatic carbocycles. The van der Waals surface area contributed by atoms with E-state index in [4.69, 9.17) is 4.42 Å². The van der Waals surface area contributed by atoms with Gasteiger partial charge in [0.15, 0.2) is 5.76 Å². The lowest BCUT2D eigenvalue weighted by molar-refractivity contribution is 0.0666. The van der Waals surface area contributed by atoms with E-state index in [1.165, 1.54) is 10.6 Å². The molecule has 0 unspecified atom stereocenters. The summed E-state index contributed by atoms with van der Waals surface area (Å²) in [6.07, 6.45) is 1.45. The smallest absolute Gasteiger partial charge is 0.289 e. The van der Waals surface area contributed by atoms with Crippen molar-refractivity contribution in [3.05, 3.63) is 52.9 Å². The van der Waals surface area contributed by atoms with Crippen molar-refractivity contribution in [2.24, 2.45) is 0 Å². The Balaban J connectivity index is 1.72. The zero-order valence-corrected chi connectivity index (χ0v) is 14.6. The summed E-state index contributed by atoms with van der Waals surface area (Å²) >= 11 is 3.28. The maximum absolute atomic E-state index is 12.7. The van der Waals surface area contributed by atoms with Gasteiger partial charge in [-0.3, -0.25) is 4.79 Å². The monoisotopic (exact) mass is 398 g/mol. The number of benzene rings is 1. The Morgan fingerprint density at radius 1 is 1.04 bits per heavy atom. The second-order valence-corrected chi connectivity index (χ2v) is 7.86. The minimum absolute atomic E-state index is 0.215. The number of hydrogen-bond acceptors (Lipinski definition) is 4. The third-order valence-corrected chi connectivity index (χ3v) is 6.62. The van der Waals surface area contributed by atoms with Gasteiger partial charge in [0.2, 0.25) is 10.0 Å². The molecule has 0 bridgehead atoms. The molecule has 1 amide bonds. The Morgan fingerprint density at radius 2 is 1.74 bits per heavy atom. The predicted octanol–water partition coefficient (Wildman–Crippen LogP) is 2.19. The van der Waals surface area contributed by atoms with Crippen LogP contribution in [0, 0.1) is 0 Å². The molecule has 122 valence electrons. The van der Waals surface area contributed by atoms with E-state index in [1.807, 2.05) is 0 Å². The van der Waals surface area contributed by atoms with Crippen molar-refractivity contribution in [3.8, 4) is 0 Å². The van der Waals surface area contributed by atoms with Gasteiger partial charge >= 0.3 is 0 Å². The summed E-state index contributed by atoms with van der Waals surface area (Å²) in [5.74, 6) is 0.0556. The van der Waals surface area contributed by atoms with Crippen LogP contribution in [0.4, 0.5) is 0 Å². The van der Waals surface area contributed by atoms with Crippen molar-refractivity contribution < 1.29 is 17.6 Å². The van der Waals surface area contributed by atoms with Gasteiger partial charge in [-0.1, -0.05) is 12.1 Å². The van der Waals surface area contributed by atoms with E-state index in [2.05, 4.69) is 15.9 Å². The van der Waals surface area contributed by atoms with E-state index < -0.39 is 10.0 Å². The first kappa shape index (κ1) is 16.2. The largest absolute Gasteiger partial charge is 0.459 e. The van der Waals surface area contributed by atoms with Crippen molar-refractivity contribution in [2.75, 3.05) is 26.2 Å². The van der Waals surface area contributed by atoms with Crippen LogP contribution in [0.25, 0.3) is 0 Å². The first-order valence-corrected chi connectivity index (χ1v) is 9.31. The molecule has 0 radical (unpaired) electrons. The Labute approximate surface area is 142 Å². The van der Waals surface area contributed by atoms with E-state index in [0.717, 1.165) is 0 Å². The summed E-state index contributed by atoms with van der Waals surface area (Å²) in [6.45, 7) is 1.19. The first-order chi connectivity index (χ1) is 11.0. The van der Waals surface area contributed by atoms with Crippen LogP contribution < -0.4 is 0 Å². The highest BCUT2D eigenvalue weighted by Gasteiger charge is 2.31. The summed E-state index contributed by atoms with van der Waals surface area (Å²) in [5, 5.41) is 0. The molecule has 6 nitrogen and oxygen atoms in total. The van der Waals surface area contributed by atoms with Crippen LogP contribution in [0.5, 0.6) is 0 Å². The molecule has 0 N–H and O–H groups in total. The van der Waals surface area contributed by atoms with Crippen LogP contribution in [0.1, 0.15) is 10.6 Å². The minimum atomic E-state index is -3.57. The molecule has 2 aromatic rings. The SMILES string of the molecule is O=C(c1ccco1)N1CCN(S(=O)(=O)c2ccccc2Br)CC1. The number of nitrogens with zero attached hydrogens (tertiary/aromatic N) is 2. The molecule has 23 heavy (non-hydrogen) atoms. The second-order valence-electron chi connectivity index (χ2n) is 5.10. The summed E-state index contributed by atoms with van der Waals surface area (Å²) in [7, 11) is -3.57. The van der Waals surface area contributed by atoms with E-state index in [9.17, 15) is 13.2 Å². The standard InChI is InChI=1S/C15H15BrN2O4S/c16-12-4-1-2-6-14(12)23(20,21)18-9-7-17(8-10-18)15(19)13-5-3-11-22-13/h1-6,11H,7-10H2. The molecule has 8 heteroatoms. The Morgan fingerprint density at radius 3 is 2.35 bits per heavy atom. The summed E-state index contributed by atoms with van der Waals surface area (Å²) < 4.78 is 32.4. The lowest BCUT2D eigenvalue weighted by atomic mass is 10.3. The number of rotatable bonds is 3. The van der Waals surface area contributed by atoms with Gasteiger partial charge in [-0.2, -0.15) is 4.31 Å². The quantitative estimate of drug-likeness (QED) is 0.794. The zero-order chi connectivity index (χ0) is 16.4. The first-order valence-electron chi connectivity index (χ1n) is 7.07. The molecule has 1 saturated heterocycles. The number of carbonyl (C=O) groups is 1. The minimum Gasteiger partial charge on any atom is -0.459 e.